The van der Waals surface area contributed by atoms with Crippen molar-refractivity contribution in [2.75, 3.05) is 0 Å². The highest BCUT2D eigenvalue weighted by Crippen LogP contribution is 2.68. The van der Waals surface area contributed by atoms with E-state index in [4.69, 9.17) is 4.74 Å². The number of benzene rings is 1. The van der Waals surface area contributed by atoms with Crippen molar-refractivity contribution in [2.45, 2.75) is 64.1 Å². The summed E-state index contributed by atoms with van der Waals surface area (Å²) in [6.07, 6.45) is 10.2. The average Bonchev–Trinajstić information content (AvgIpc) is 3.58. The lowest BCUT2D eigenvalue weighted by atomic mass is 9.45. The molecule has 0 amide bonds. The number of ether oxygens (including phenoxy) is 1. The van der Waals surface area contributed by atoms with E-state index in [-0.39, 0.29) is 34.1 Å². The highest BCUT2D eigenvalue weighted by molar-refractivity contribution is 7.96. The maximum absolute atomic E-state index is 13.6. The van der Waals surface area contributed by atoms with Gasteiger partial charge in [0.25, 0.3) is 0 Å². The largest absolute Gasteiger partial charge is 0.463 e. The summed E-state index contributed by atoms with van der Waals surface area (Å²) in [6, 6.07) is 10.2. The van der Waals surface area contributed by atoms with E-state index < -0.39 is 17.1 Å². The fourth-order valence-electron chi connectivity index (χ4n) is 9.25. The fraction of sp³-hybridized carbons (Fsp3) is 0.500. The van der Waals surface area contributed by atoms with Crippen molar-refractivity contribution in [1.29, 1.82) is 0 Å². The standard InChI is InChI=1S/C32H36FN3O3S/c1-30-16-19-18-34-36(22-9-7-21(33)8-10-22)25(19)15-20(30)6-11-23-24-12-13-32(29(38)40,39-27-5-4-14-35(27)3)31(24,2)17-26(37)28(23)30/h4-5,7-10,14-15,18,23-24,26,28,37H,6,11-13,16-17H2,1-3H3,(H,38,40)/t23?,24-,26-,28+,30-,31-,32-/m0/s1. The van der Waals surface area contributed by atoms with Crippen LogP contribution in [0.3, 0.4) is 0 Å². The molecule has 3 aromatic rings. The number of aliphatic hydroxyl groups is 1. The summed E-state index contributed by atoms with van der Waals surface area (Å²) in [5.74, 6) is 0.987. The van der Waals surface area contributed by atoms with Crippen LogP contribution >= 0.6 is 12.6 Å². The summed E-state index contributed by atoms with van der Waals surface area (Å²) >= 11 is 4.41. The Balaban J connectivity index is 1.24. The number of aliphatic hydroxyl groups excluding tert-OH is 1. The number of carbonyl (C=O) groups excluding carboxylic acids is 1. The third-order valence-corrected chi connectivity index (χ3v) is 11.5. The van der Waals surface area contributed by atoms with E-state index in [1.54, 1.807) is 12.1 Å². The van der Waals surface area contributed by atoms with Gasteiger partial charge in [-0.15, -0.1) is 12.6 Å². The first-order valence-corrected chi connectivity index (χ1v) is 14.8. The second kappa shape index (κ2) is 8.83. The Hall–Kier alpha value is -2.84. The smallest absolute Gasteiger partial charge is 0.230 e. The molecule has 2 aromatic heterocycles. The van der Waals surface area contributed by atoms with E-state index in [1.807, 2.05) is 40.8 Å². The maximum atomic E-state index is 13.6. The minimum absolute atomic E-state index is 0.0775. The summed E-state index contributed by atoms with van der Waals surface area (Å²) in [5.41, 5.74) is 2.57. The van der Waals surface area contributed by atoms with Crippen molar-refractivity contribution < 1.29 is 19.0 Å². The van der Waals surface area contributed by atoms with E-state index in [9.17, 15) is 14.3 Å². The molecule has 2 heterocycles. The van der Waals surface area contributed by atoms with Crippen molar-refractivity contribution in [1.82, 2.24) is 14.3 Å². The number of rotatable bonds is 4. The van der Waals surface area contributed by atoms with Gasteiger partial charge in [0, 0.05) is 18.7 Å². The van der Waals surface area contributed by atoms with Gasteiger partial charge in [-0.25, -0.2) is 9.07 Å². The summed E-state index contributed by atoms with van der Waals surface area (Å²) < 4.78 is 24.0. The summed E-state index contributed by atoms with van der Waals surface area (Å²) in [4.78, 5) is 13.3. The second-order valence-corrected chi connectivity index (χ2v) is 13.4. The van der Waals surface area contributed by atoms with Gasteiger partial charge in [-0.1, -0.05) is 19.4 Å². The number of allylic oxidation sites excluding steroid dienone is 1. The van der Waals surface area contributed by atoms with Gasteiger partial charge in [0.2, 0.25) is 5.12 Å². The molecule has 4 aliphatic carbocycles. The van der Waals surface area contributed by atoms with E-state index in [2.05, 4.69) is 37.7 Å². The normalized spacial score (nSPS) is 36.2. The third kappa shape index (κ3) is 3.44. The molecule has 210 valence electrons. The zero-order chi connectivity index (χ0) is 28.0. The van der Waals surface area contributed by atoms with Crippen LogP contribution in [0.15, 0.2) is 54.4 Å². The SMILES string of the molecule is Cn1cccc1O[C@]1(C(=O)S)CC[C@H]2C3CCC4=Cc5c(cnn5-c5ccc(F)cc5)C[C@]4(C)[C@H]3[C@@H](O)C[C@@]21C. The Morgan fingerprint density at radius 1 is 1.20 bits per heavy atom. The molecule has 0 radical (unpaired) electrons. The number of halogens is 1. The van der Waals surface area contributed by atoms with Crippen LogP contribution in [0.5, 0.6) is 5.88 Å². The monoisotopic (exact) mass is 561 g/mol. The Bertz CT molecular complexity index is 1530. The molecular weight excluding hydrogens is 525 g/mol. The molecule has 40 heavy (non-hydrogen) atoms. The number of carbonyl (C=O) groups is 1. The Kier molecular flexibility index (Phi) is 5.76. The lowest BCUT2D eigenvalue weighted by Gasteiger charge is -2.60. The first-order chi connectivity index (χ1) is 19.1. The van der Waals surface area contributed by atoms with Crippen LogP contribution in [0.4, 0.5) is 4.39 Å². The van der Waals surface area contributed by atoms with Gasteiger partial charge in [0.1, 0.15) is 5.82 Å². The van der Waals surface area contributed by atoms with E-state index in [0.717, 1.165) is 42.6 Å². The van der Waals surface area contributed by atoms with Crippen molar-refractivity contribution in [2.24, 2.45) is 35.6 Å². The quantitative estimate of drug-likeness (QED) is 0.397. The molecule has 0 spiro atoms. The minimum atomic E-state index is -1.08. The second-order valence-electron chi connectivity index (χ2n) is 13.0. The molecule has 3 fully saturated rings. The molecule has 0 saturated heterocycles. The zero-order valence-corrected chi connectivity index (χ0v) is 24.1. The Morgan fingerprint density at radius 2 is 1.98 bits per heavy atom. The highest BCUT2D eigenvalue weighted by Gasteiger charge is 2.70. The van der Waals surface area contributed by atoms with Crippen LogP contribution in [-0.2, 0) is 18.3 Å². The van der Waals surface area contributed by atoms with Gasteiger partial charge in [-0.2, -0.15) is 5.10 Å². The van der Waals surface area contributed by atoms with Crippen molar-refractivity contribution in [3.63, 3.8) is 0 Å². The number of thiol groups is 1. The topological polar surface area (TPSA) is 69.3 Å². The number of aromatic nitrogens is 3. The molecule has 0 bridgehead atoms. The number of fused-ring (bicyclic) bond motifs is 6. The summed E-state index contributed by atoms with van der Waals surface area (Å²) in [6.45, 7) is 4.46. The number of hydrogen-bond donors (Lipinski definition) is 2. The lowest BCUT2D eigenvalue weighted by Crippen LogP contribution is -2.63. The Morgan fingerprint density at radius 3 is 2.67 bits per heavy atom. The average molecular weight is 562 g/mol. The zero-order valence-electron chi connectivity index (χ0n) is 23.2. The van der Waals surface area contributed by atoms with Crippen molar-refractivity contribution >= 4 is 23.8 Å². The number of hydrogen-bond acceptors (Lipinski definition) is 4. The summed E-state index contributed by atoms with van der Waals surface area (Å²) in [5, 5.41) is 16.4. The van der Waals surface area contributed by atoms with E-state index >= 15 is 0 Å². The van der Waals surface area contributed by atoms with Crippen molar-refractivity contribution in [3.8, 4) is 11.6 Å². The third-order valence-electron chi connectivity index (χ3n) is 11.1. The van der Waals surface area contributed by atoms with Gasteiger partial charge in [0.15, 0.2) is 11.5 Å². The van der Waals surface area contributed by atoms with Crippen molar-refractivity contribution in [3.05, 3.63) is 71.4 Å². The molecule has 7 atom stereocenters. The van der Waals surface area contributed by atoms with E-state index in [1.165, 1.54) is 17.7 Å². The van der Waals surface area contributed by atoms with Gasteiger partial charge < -0.3 is 14.4 Å². The fourth-order valence-corrected chi connectivity index (χ4v) is 9.67. The van der Waals surface area contributed by atoms with Crippen LogP contribution in [0, 0.1) is 34.4 Å². The lowest BCUT2D eigenvalue weighted by molar-refractivity contribution is -0.167. The Labute approximate surface area is 239 Å². The predicted octanol–water partition coefficient (Wildman–Crippen LogP) is 5.78. The molecule has 1 aromatic carbocycles. The first kappa shape index (κ1) is 26.1. The molecule has 0 aliphatic heterocycles. The molecular formula is C32H36FN3O3S. The molecule has 6 nitrogen and oxygen atoms in total. The van der Waals surface area contributed by atoms with Crippen LogP contribution in [0.2, 0.25) is 0 Å². The molecule has 3 saturated carbocycles. The van der Waals surface area contributed by atoms with E-state index in [0.29, 0.717) is 18.7 Å². The molecule has 1 N–H and O–H groups in total. The molecule has 1 unspecified atom stereocenters. The number of nitrogens with zero attached hydrogens (tertiary/aromatic N) is 3. The maximum Gasteiger partial charge on any atom is 0.230 e. The summed E-state index contributed by atoms with van der Waals surface area (Å²) in [7, 11) is 1.91. The van der Waals surface area contributed by atoms with Gasteiger partial charge in [0.05, 0.1) is 23.7 Å². The molecule has 4 aliphatic rings. The van der Waals surface area contributed by atoms with Gasteiger partial charge >= 0.3 is 0 Å². The first-order valence-electron chi connectivity index (χ1n) is 14.3. The van der Waals surface area contributed by atoms with Gasteiger partial charge in [-0.3, -0.25) is 4.79 Å². The minimum Gasteiger partial charge on any atom is -0.463 e. The van der Waals surface area contributed by atoms with Crippen LogP contribution < -0.4 is 4.74 Å². The predicted molar refractivity (Wildman–Crippen MR) is 154 cm³/mol. The molecule has 8 heteroatoms. The van der Waals surface area contributed by atoms with Crippen LogP contribution in [0.1, 0.15) is 57.2 Å². The molecule has 7 rings (SSSR count). The number of aryl methyl sites for hydroxylation is 1. The van der Waals surface area contributed by atoms with Crippen LogP contribution in [0.25, 0.3) is 11.8 Å². The van der Waals surface area contributed by atoms with Gasteiger partial charge in [-0.05, 0) is 110 Å². The highest BCUT2D eigenvalue weighted by atomic mass is 32.1. The van der Waals surface area contributed by atoms with Crippen LogP contribution in [-0.4, -0.2) is 36.3 Å².